The van der Waals surface area contributed by atoms with Gasteiger partial charge in [0.15, 0.2) is 0 Å². The van der Waals surface area contributed by atoms with Crippen molar-refractivity contribution in [2.45, 2.75) is 32.3 Å². The molecule has 0 amide bonds. The number of aliphatic hydroxyl groups is 1. The van der Waals surface area contributed by atoms with Crippen LogP contribution in [0.5, 0.6) is 5.75 Å². The molecular weight excluding hydrogens is 336 g/mol. The topological polar surface area (TPSA) is 29.5 Å². The van der Waals surface area contributed by atoms with Gasteiger partial charge in [0.25, 0.3) is 0 Å². The van der Waals surface area contributed by atoms with E-state index in [0.717, 1.165) is 40.3 Å². The third kappa shape index (κ3) is 2.92. The Morgan fingerprint density at radius 2 is 2.25 bits per heavy atom. The quantitative estimate of drug-likeness (QED) is 0.882. The van der Waals surface area contributed by atoms with Gasteiger partial charge in [-0.3, -0.25) is 0 Å². The summed E-state index contributed by atoms with van der Waals surface area (Å²) in [6.07, 6.45) is 2.27. The molecule has 1 atom stereocenters. The van der Waals surface area contributed by atoms with Crippen LogP contribution in [0.2, 0.25) is 0 Å². The zero-order valence-corrected chi connectivity index (χ0v) is 13.8. The summed E-state index contributed by atoms with van der Waals surface area (Å²) in [6, 6.07) is 8.43. The molecule has 1 aromatic carbocycles. The predicted octanol–water partition coefficient (Wildman–Crippen LogP) is 4.42. The standard InChI is InChI=1S/C16H17BrO2S/c1-10-8-15(20-16(10)17)13(18)4-2-11-3-5-14-12(9-11)6-7-19-14/h3,5,8-9,13,18H,2,4,6-7H2,1H3. The maximum atomic E-state index is 10.3. The van der Waals surface area contributed by atoms with E-state index >= 15 is 0 Å². The number of aryl methyl sites for hydroxylation is 2. The summed E-state index contributed by atoms with van der Waals surface area (Å²) in [4.78, 5) is 1.04. The lowest BCUT2D eigenvalue weighted by Gasteiger charge is -2.09. The molecule has 20 heavy (non-hydrogen) atoms. The molecular formula is C16H17BrO2S. The molecule has 1 aliphatic heterocycles. The van der Waals surface area contributed by atoms with Gasteiger partial charge in [0.05, 0.1) is 16.5 Å². The van der Waals surface area contributed by atoms with Crippen molar-refractivity contribution in [3.63, 3.8) is 0 Å². The largest absolute Gasteiger partial charge is 0.493 e. The molecule has 3 rings (SSSR count). The third-order valence-electron chi connectivity index (χ3n) is 3.66. The van der Waals surface area contributed by atoms with Crippen molar-refractivity contribution in [3.05, 3.63) is 49.6 Å². The Morgan fingerprint density at radius 1 is 1.40 bits per heavy atom. The van der Waals surface area contributed by atoms with E-state index in [-0.39, 0.29) is 6.10 Å². The number of ether oxygens (including phenoxy) is 1. The van der Waals surface area contributed by atoms with Crippen LogP contribution in [0, 0.1) is 6.92 Å². The highest BCUT2D eigenvalue weighted by Crippen LogP contribution is 2.33. The fourth-order valence-corrected chi connectivity index (χ4v) is 4.08. The Hall–Kier alpha value is -0.840. The SMILES string of the molecule is Cc1cc(C(O)CCc2ccc3c(c2)CCO3)sc1Br. The zero-order chi connectivity index (χ0) is 14.1. The van der Waals surface area contributed by atoms with Crippen LogP contribution in [0.25, 0.3) is 0 Å². The molecule has 0 saturated heterocycles. The van der Waals surface area contributed by atoms with Crippen molar-refractivity contribution in [1.82, 2.24) is 0 Å². The van der Waals surface area contributed by atoms with Gasteiger partial charge in [0.1, 0.15) is 5.75 Å². The summed E-state index contributed by atoms with van der Waals surface area (Å²) < 4.78 is 6.62. The highest BCUT2D eigenvalue weighted by molar-refractivity contribution is 9.11. The van der Waals surface area contributed by atoms with Crippen LogP contribution >= 0.6 is 27.3 Å². The van der Waals surface area contributed by atoms with Gasteiger partial charge in [-0.05, 0) is 64.5 Å². The molecule has 1 aromatic heterocycles. The number of rotatable bonds is 4. The van der Waals surface area contributed by atoms with E-state index in [2.05, 4.69) is 47.1 Å². The van der Waals surface area contributed by atoms with Crippen molar-refractivity contribution >= 4 is 27.3 Å². The lowest BCUT2D eigenvalue weighted by molar-refractivity contribution is 0.171. The van der Waals surface area contributed by atoms with Crippen LogP contribution in [-0.4, -0.2) is 11.7 Å². The molecule has 1 unspecified atom stereocenters. The van der Waals surface area contributed by atoms with E-state index in [1.165, 1.54) is 16.7 Å². The van der Waals surface area contributed by atoms with Crippen molar-refractivity contribution in [2.75, 3.05) is 6.61 Å². The van der Waals surface area contributed by atoms with Crippen molar-refractivity contribution < 1.29 is 9.84 Å². The second kappa shape index (κ2) is 5.88. The molecule has 2 heterocycles. The number of halogens is 1. The molecule has 1 N–H and O–H groups in total. The average molecular weight is 353 g/mol. The summed E-state index contributed by atoms with van der Waals surface area (Å²) in [5, 5.41) is 10.3. The Morgan fingerprint density at radius 3 is 3.00 bits per heavy atom. The van der Waals surface area contributed by atoms with Crippen molar-refractivity contribution in [1.29, 1.82) is 0 Å². The highest BCUT2D eigenvalue weighted by atomic mass is 79.9. The average Bonchev–Trinajstić information content (AvgIpc) is 3.03. The molecule has 0 aliphatic carbocycles. The minimum absolute atomic E-state index is 0.380. The van der Waals surface area contributed by atoms with Gasteiger partial charge in [0.2, 0.25) is 0 Å². The molecule has 0 saturated carbocycles. The number of fused-ring (bicyclic) bond motifs is 1. The second-order valence-electron chi connectivity index (χ2n) is 5.20. The first-order valence-electron chi connectivity index (χ1n) is 6.82. The van der Waals surface area contributed by atoms with Gasteiger partial charge < -0.3 is 9.84 Å². The Labute approximate surface area is 131 Å². The number of hydrogen-bond donors (Lipinski definition) is 1. The maximum absolute atomic E-state index is 10.3. The minimum atomic E-state index is -0.380. The van der Waals surface area contributed by atoms with Crippen LogP contribution in [0.4, 0.5) is 0 Å². The number of benzene rings is 1. The summed E-state index contributed by atoms with van der Waals surface area (Å²) in [7, 11) is 0. The summed E-state index contributed by atoms with van der Waals surface area (Å²) >= 11 is 5.13. The van der Waals surface area contributed by atoms with Crippen molar-refractivity contribution in [2.24, 2.45) is 0 Å². The van der Waals surface area contributed by atoms with E-state index in [9.17, 15) is 5.11 Å². The Balaban J connectivity index is 1.64. The zero-order valence-electron chi connectivity index (χ0n) is 11.4. The number of thiophene rings is 1. The van der Waals surface area contributed by atoms with Crippen LogP contribution < -0.4 is 4.74 Å². The fraction of sp³-hybridized carbons (Fsp3) is 0.375. The summed E-state index contributed by atoms with van der Waals surface area (Å²) in [5.74, 6) is 1.02. The van der Waals surface area contributed by atoms with Crippen LogP contribution in [0.3, 0.4) is 0 Å². The number of aliphatic hydroxyl groups excluding tert-OH is 1. The second-order valence-corrected chi connectivity index (χ2v) is 7.60. The van der Waals surface area contributed by atoms with Gasteiger partial charge in [0, 0.05) is 11.3 Å². The first kappa shape index (κ1) is 14.1. The normalized spacial score (nSPS) is 14.9. The van der Waals surface area contributed by atoms with Crippen LogP contribution in [-0.2, 0) is 12.8 Å². The predicted molar refractivity (Wildman–Crippen MR) is 85.7 cm³/mol. The lowest BCUT2D eigenvalue weighted by Crippen LogP contribution is -1.97. The highest BCUT2D eigenvalue weighted by Gasteiger charge is 2.15. The van der Waals surface area contributed by atoms with E-state index < -0.39 is 0 Å². The maximum Gasteiger partial charge on any atom is 0.122 e. The first-order chi connectivity index (χ1) is 9.63. The minimum Gasteiger partial charge on any atom is -0.493 e. The molecule has 0 spiro atoms. The molecule has 0 bridgehead atoms. The fourth-order valence-electron chi connectivity index (χ4n) is 2.49. The van der Waals surface area contributed by atoms with Gasteiger partial charge >= 0.3 is 0 Å². The molecule has 2 aromatic rings. The monoisotopic (exact) mass is 352 g/mol. The molecule has 1 aliphatic rings. The van der Waals surface area contributed by atoms with Gasteiger partial charge in [-0.15, -0.1) is 11.3 Å². The van der Waals surface area contributed by atoms with Gasteiger partial charge in [-0.25, -0.2) is 0 Å². The smallest absolute Gasteiger partial charge is 0.122 e. The van der Waals surface area contributed by atoms with Crippen LogP contribution in [0.1, 0.15) is 34.1 Å². The first-order valence-corrected chi connectivity index (χ1v) is 8.43. The summed E-state index contributed by atoms with van der Waals surface area (Å²) in [5.41, 5.74) is 3.77. The van der Waals surface area contributed by atoms with Crippen molar-refractivity contribution in [3.8, 4) is 5.75 Å². The Kier molecular flexibility index (Phi) is 4.15. The van der Waals surface area contributed by atoms with E-state index in [0.29, 0.717) is 0 Å². The molecule has 0 fully saturated rings. The molecule has 0 radical (unpaired) electrons. The molecule has 4 heteroatoms. The molecule has 106 valence electrons. The lowest BCUT2D eigenvalue weighted by atomic mass is 10.0. The van der Waals surface area contributed by atoms with Crippen LogP contribution in [0.15, 0.2) is 28.1 Å². The number of hydrogen-bond acceptors (Lipinski definition) is 3. The Bertz CT molecular complexity index is 601. The van der Waals surface area contributed by atoms with E-state index in [4.69, 9.17) is 4.74 Å². The van der Waals surface area contributed by atoms with E-state index in [1.54, 1.807) is 11.3 Å². The van der Waals surface area contributed by atoms with E-state index in [1.807, 2.05) is 0 Å². The third-order valence-corrected chi connectivity index (χ3v) is 5.90. The molecule has 2 nitrogen and oxygen atoms in total. The summed E-state index contributed by atoms with van der Waals surface area (Å²) in [6.45, 7) is 2.85. The van der Waals surface area contributed by atoms with Gasteiger partial charge in [-0.2, -0.15) is 0 Å². The van der Waals surface area contributed by atoms with Gasteiger partial charge in [-0.1, -0.05) is 12.1 Å².